The maximum absolute atomic E-state index is 12.0. The van der Waals surface area contributed by atoms with E-state index < -0.39 is 5.91 Å². The third-order valence-electron chi connectivity index (χ3n) is 5.69. The van der Waals surface area contributed by atoms with Gasteiger partial charge in [-0.25, -0.2) is 10.1 Å². The number of likely N-dealkylation sites (N-methyl/N-ethyl adjacent to an activating group) is 1. The van der Waals surface area contributed by atoms with Gasteiger partial charge in [0.15, 0.2) is 0 Å². The van der Waals surface area contributed by atoms with Crippen LogP contribution in [0.3, 0.4) is 0 Å². The Bertz CT molecular complexity index is 931. The minimum atomic E-state index is -0.417. The Morgan fingerprint density at radius 3 is 2.84 bits per heavy atom. The van der Waals surface area contributed by atoms with Gasteiger partial charge < -0.3 is 15.4 Å². The molecule has 0 aromatic carbocycles. The molecule has 1 aromatic rings. The Labute approximate surface area is 187 Å². The van der Waals surface area contributed by atoms with Gasteiger partial charge in [-0.05, 0) is 30.7 Å². The number of piperazine rings is 1. The molecule has 8 nitrogen and oxygen atoms in total. The lowest BCUT2D eigenvalue weighted by molar-refractivity contribution is -0.430. The molecule has 1 aliphatic carbocycles. The summed E-state index contributed by atoms with van der Waals surface area (Å²) in [5.74, 6) is 0.0530. The summed E-state index contributed by atoms with van der Waals surface area (Å²) in [5, 5.41) is 4.71. The average molecular weight is 449 g/mol. The highest BCUT2D eigenvalue weighted by atomic mass is 32.1. The fourth-order valence-corrected chi connectivity index (χ4v) is 4.76. The fraction of sp³-hybridized carbons (Fsp3) is 0.545. The first kappa shape index (κ1) is 23.3. The maximum atomic E-state index is 12.0. The zero-order valence-electron chi connectivity index (χ0n) is 18.7. The number of hydroxylamine groups is 2. The summed E-state index contributed by atoms with van der Waals surface area (Å²) in [7, 11) is 4.66. The van der Waals surface area contributed by atoms with Crippen LogP contribution in [-0.4, -0.2) is 87.2 Å². The second kappa shape index (κ2) is 11.3. The monoisotopic (exact) mass is 448 g/mol. The second-order valence-corrected chi connectivity index (χ2v) is 8.57. The number of carbonyl (C=O) groups is 1. The molecule has 3 rings (SSSR count). The van der Waals surface area contributed by atoms with E-state index in [-0.39, 0.29) is 5.70 Å². The summed E-state index contributed by atoms with van der Waals surface area (Å²) >= 11 is 1.85. The van der Waals surface area contributed by atoms with Crippen LogP contribution in [0, 0.1) is 0 Å². The average Bonchev–Trinajstić information content (AvgIpc) is 3.29. The molecule has 0 unspecified atom stereocenters. The highest BCUT2D eigenvalue weighted by molar-refractivity contribution is 7.07. The number of nitrogens with two attached hydrogens (primary N) is 1. The quantitative estimate of drug-likeness (QED) is 0.164. The van der Waals surface area contributed by atoms with Gasteiger partial charge >= 0.3 is 5.90 Å². The van der Waals surface area contributed by atoms with Crippen LogP contribution in [0.4, 0.5) is 0 Å². The van der Waals surface area contributed by atoms with Crippen molar-refractivity contribution in [3.63, 3.8) is 0 Å². The number of hydrogen-bond acceptors (Lipinski definition) is 7. The molecule has 1 aliphatic heterocycles. The van der Waals surface area contributed by atoms with E-state index in [1.165, 1.54) is 35.7 Å². The summed E-state index contributed by atoms with van der Waals surface area (Å²) in [6.07, 6.45) is 7.07. The first-order valence-electron chi connectivity index (χ1n) is 10.7. The van der Waals surface area contributed by atoms with Gasteiger partial charge in [0.2, 0.25) is 0 Å². The minimum absolute atomic E-state index is 0.0522. The van der Waals surface area contributed by atoms with Crippen molar-refractivity contribution >= 4 is 34.9 Å². The number of rotatable bonds is 8. The van der Waals surface area contributed by atoms with E-state index in [1.54, 1.807) is 7.05 Å². The molecule has 170 valence electrons. The van der Waals surface area contributed by atoms with Crippen LogP contribution in [0.2, 0.25) is 0 Å². The predicted molar refractivity (Wildman–Crippen MR) is 123 cm³/mol. The SMILES string of the molecule is C[NH+]=C(C=C(N)C(=O)N(C)OC)OCCCN1CCN(C2=c3ccsc3=CCC2)CC1. The smallest absolute Gasteiger partial charge is 0.362 e. The molecule has 0 saturated carbocycles. The summed E-state index contributed by atoms with van der Waals surface area (Å²) in [6, 6.07) is 2.27. The molecular weight excluding hydrogens is 414 g/mol. The number of ether oxygens (including phenoxy) is 1. The zero-order chi connectivity index (χ0) is 22.2. The van der Waals surface area contributed by atoms with Crippen molar-refractivity contribution in [2.75, 3.05) is 60.5 Å². The van der Waals surface area contributed by atoms with Crippen molar-refractivity contribution in [1.82, 2.24) is 14.9 Å². The van der Waals surface area contributed by atoms with E-state index >= 15 is 0 Å². The summed E-state index contributed by atoms with van der Waals surface area (Å²) in [6.45, 7) is 5.84. The predicted octanol–water partition coefficient (Wildman–Crippen LogP) is -1.57. The van der Waals surface area contributed by atoms with Crippen molar-refractivity contribution in [3.05, 3.63) is 33.0 Å². The molecule has 1 fully saturated rings. The van der Waals surface area contributed by atoms with Crippen molar-refractivity contribution in [3.8, 4) is 0 Å². The van der Waals surface area contributed by atoms with E-state index in [0.717, 1.165) is 57.0 Å². The van der Waals surface area contributed by atoms with Crippen LogP contribution in [0.15, 0.2) is 23.2 Å². The molecule has 3 N–H and O–H groups in total. The number of fused-ring (bicyclic) bond motifs is 1. The van der Waals surface area contributed by atoms with Gasteiger partial charge in [0, 0.05) is 55.2 Å². The molecule has 1 amide bonds. The Morgan fingerprint density at radius 1 is 1.35 bits per heavy atom. The number of nitrogens with one attached hydrogen (secondary N) is 1. The maximum Gasteiger partial charge on any atom is 0.362 e. The lowest BCUT2D eigenvalue weighted by atomic mass is 10.1. The molecule has 0 radical (unpaired) electrons. The van der Waals surface area contributed by atoms with Gasteiger partial charge in [-0.3, -0.25) is 14.5 Å². The Morgan fingerprint density at radius 2 is 2.13 bits per heavy atom. The third-order valence-corrected chi connectivity index (χ3v) is 6.60. The Balaban J connectivity index is 1.41. The number of thiophene rings is 1. The molecule has 1 aromatic heterocycles. The van der Waals surface area contributed by atoms with Crippen LogP contribution in [-0.2, 0) is 14.4 Å². The van der Waals surface area contributed by atoms with Gasteiger partial charge in [-0.2, -0.15) is 0 Å². The number of carbonyl (C=O) groups excluding carboxylic acids is 1. The van der Waals surface area contributed by atoms with Crippen molar-refractivity contribution < 1.29 is 19.4 Å². The van der Waals surface area contributed by atoms with Gasteiger partial charge in [0.25, 0.3) is 5.91 Å². The molecule has 1 saturated heterocycles. The molecule has 0 atom stereocenters. The summed E-state index contributed by atoms with van der Waals surface area (Å²) in [4.78, 5) is 24.8. The molecule has 31 heavy (non-hydrogen) atoms. The number of nitrogens with zero attached hydrogens (tertiary/aromatic N) is 3. The molecular formula is C22H34N5O3S+. The molecule has 0 spiro atoms. The first-order chi connectivity index (χ1) is 15.0. The van der Waals surface area contributed by atoms with Crippen LogP contribution in [0.1, 0.15) is 19.3 Å². The van der Waals surface area contributed by atoms with E-state index in [9.17, 15) is 4.79 Å². The van der Waals surface area contributed by atoms with Crippen LogP contribution in [0.25, 0.3) is 11.8 Å². The first-order valence-corrected chi connectivity index (χ1v) is 11.6. The standard InChI is InChI=1S/C22H33N5O3S/c1-24-21(16-18(23)22(28)25(2)29-3)30-14-5-9-26-10-12-27(13-11-26)19-6-4-7-20-17(19)8-15-31-20/h7-8,15-16H,4-6,9-14,23H2,1-3H3/p+1. The van der Waals surface area contributed by atoms with Crippen molar-refractivity contribution in [2.24, 2.45) is 5.73 Å². The topological polar surface area (TPSA) is 85.2 Å². The normalized spacial score (nSPS) is 17.9. The van der Waals surface area contributed by atoms with E-state index in [0.29, 0.717) is 12.5 Å². The third kappa shape index (κ3) is 6.09. The highest BCUT2D eigenvalue weighted by Gasteiger charge is 2.20. The van der Waals surface area contributed by atoms with Gasteiger partial charge in [-0.15, -0.1) is 11.3 Å². The molecule has 0 bridgehead atoms. The minimum Gasteiger partial charge on any atom is -0.445 e. The van der Waals surface area contributed by atoms with Gasteiger partial charge in [-0.1, -0.05) is 6.08 Å². The molecule has 2 aliphatic rings. The summed E-state index contributed by atoms with van der Waals surface area (Å²) < 4.78 is 7.19. The lowest BCUT2D eigenvalue weighted by Gasteiger charge is -2.37. The molecule has 9 heteroatoms. The van der Waals surface area contributed by atoms with Crippen molar-refractivity contribution in [2.45, 2.75) is 19.3 Å². The largest absolute Gasteiger partial charge is 0.445 e. The zero-order valence-corrected chi connectivity index (χ0v) is 19.5. The van der Waals surface area contributed by atoms with Crippen LogP contribution >= 0.6 is 11.3 Å². The van der Waals surface area contributed by atoms with Crippen LogP contribution in [0.5, 0.6) is 0 Å². The molecule has 2 heterocycles. The lowest BCUT2D eigenvalue weighted by Crippen LogP contribution is -2.68. The number of hydrogen-bond donors (Lipinski definition) is 2. The Kier molecular flexibility index (Phi) is 8.51. The fourth-order valence-electron chi connectivity index (χ4n) is 3.89. The van der Waals surface area contributed by atoms with Crippen LogP contribution < -0.4 is 20.5 Å². The highest BCUT2D eigenvalue weighted by Crippen LogP contribution is 2.17. The van der Waals surface area contributed by atoms with E-state index in [1.807, 2.05) is 11.3 Å². The van der Waals surface area contributed by atoms with Crippen molar-refractivity contribution in [1.29, 1.82) is 0 Å². The van der Waals surface area contributed by atoms with Gasteiger partial charge in [0.05, 0.1) is 19.8 Å². The second-order valence-electron chi connectivity index (χ2n) is 7.62. The Hall–Kier alpha value is -2.36. The van der Waals surface area contributed by atoms with Gasteiger partial charge in [0.1, 0.15) is 12.7 Å². The van der Waals surface area contributed by atoms with E-state index in [4.69, 9.17) is 15.3 Å². The summed E-state index contributed by atoms with van der Waals surface area (Å²) in [5.41, 5.74) is 7.40. The van der Waals surface area contributed by atoms with E-state index in [2.05, 4.69) is 32.3 Å². The number of amides is 1.